The van der Waals surface area contributed by atoms with Gasteiger partial charge in [0.2, 0.25) is 0 Å². The molecule has 2 N–H and O–H groups in total. The lowest BCUT2D eigenvalue weighted by molar-refractivity contribution is 0.0685. The minimum atomic E-state index is -1.17. The van der Waals surface area contributed by atoms with E-state index >= 15 is 0 Å². The first kappa shape index (κ1) is 21.3. The summed E-state index contributed by atoms with van der Waals surface area (Å²) in [6, 6.07) is 1.33. The van der Waals surface area contributed by atoms with E-state index in [1.165, 1.54) is 12.3 Å². The Morgan fingerprint density at radius 1 is 1.23 bits per heavy atom. The number of hydrogen-bond donors (Lipinski definition) is 2. The van der Waals surface area contributed by atoms with Gasteiger partial charge in [-0.05, 0) is 31.4 Å². The Morgan fingerprint density at radius 2 is 1.85 bits per heavy atom. The number of allylic oxidation sites excluding steroid dienone is 3. The van der Waals surface area contributed by atoms with E-state index in [2.05, 4.69) is 10.3 Å². The molecule has 8 heteroatoms. The summed E-state index contributed by atoms with van der Waals surface area (Å²) in [5.74, 6) is -0.209. The molecule has 1 aromatic rings. The Bertz CT molecular complexity index is 660. The maximum atomic E-state index is 10.9. The number of unbranched alkanes of at least 4 members (excludes halogenated alkanes) is 2. The van der Waals surface area contributed by atoms with Gasteiger partial charge in [0.05, 0.1) is 13.2 Å². The second-order valence-corrected chi connectivity index (χ2v) is 5.59. The lowest BCUT2D eigenvalue weighted by Gasteiger charge is -2.12. The standard InChI is InChI=1S/C18H26N2O6/c1-4-6-8-24-16(17(12-19-23)25-9-7-5-2)10-13(3)15-11-14(18(21)22)20-26-15/h10-12,23H,4-9H2,1-3H3,(H,21,22)/b13-10+,17-16-,19-12+. The molecule has 0 saturated carbocycles. The molecule has 1 rings (SSSR count). The number of aromatic carboxylic acids is 1. The summed E-state index contributed by atoms with van der Waals surface area (Å²) in [7, 11) is 0. The van der Waals surface area contributed by atoms with Crippen LogP contribution in [0.3, 0.4) is 0 Å². The van der Waals surface area contributed by atoms with Crippen molar-refractivity contribution in [3.8, 4) is 0 Å². The van der Waals surface area contributed by atoms with Gasteiger partial charge in [-0.3, -0.25) is 0 Å². The van der Waals surface area contributed by atoms with E-state index in [1.807, 2.05) is 13.8 Å². The molecular weight excluding hydrogens is 340 g/mol. The van der Waals surface area contributed by atoms with Gasteiger partial charge in [-0.1, -0.05) is 37.0 Å². The van der Waals surface area contributed by atoms with Crippen molar-refractivity contribution in [2.45, 2.75) is 46.5 Å². The van der Waals surface area contributed by atoms with Crippen LogP contribution in [0.1, 0.15) is 62.7 Å². The van der Waals surface area contributed by atoms with E-state index < -0.39 is 5.97 Å². The zero-order valence-electron chi connectivity index (χ0n) is 15.4. The summed E-state index contributed by atoms with van der Waals surface area (Å²) in [4.78, 5) is 10.9. The highest BCUT2D eigenvalue weighted by molar-refractivity contribution is 5.86. The molecule has 144 valence electrons. The van der Waals surface area contributed by atoms with Gasteiger partial charge in [0.15, 0.2) is 23.0 Å². The van der Waals surface area contributed by atoms with E-state index in [-0.39, 0.29) is 11.5 Å². The molecule has 0 aliphatic carbocycles. The van der Waals surface area contributed by atoms with Crippen molar-refractivity contribution in [3.05, 3.63) is 35.1 Å². The average molecular weight is 366 g/mol. The number of hydrogen-bond acceptors (Lipinski definition) is 7. The van der Waals surface area contributed by atoms with E-state index in [0.29, 0.717) is 30.3 Å². The highest BCUT2D eigenvalue weighted by Gasteiger charge is 2.14. The predicted octanol–water partition coefficient (Wildman–Crippen LogP) is 4.08. The van der Waals surface area contributed by atoms with Crippen LogP contribution in [0.4, 0.5) is 0 Å². The van der Waals surface area contributed by atoms with Crippen molar-refractivity contribution in [2.24, 2.45) is 5.16 Å². The van der Waals surface area contributed by atoms with Crippen LogP contribution in [0.15, 0.2) is 33.3 Å². The van der Waals surface area contributed by atoms with Crippen LogP contribution in [0, 0.1) is 0 Å². The van der Waals surface area contributed by atoms with Crippen LogP contribution < -0.4 is 0 Å². The zero-order chi connectivity index (χ0) is 19.4. The quantitative estimate of drug-likeness (QED) is 0.143. The molecule has 0 bridgehead atoms. The summed E-state index contributed by atoms with van der Waals surface area (Å²) in [5, 5.41) is 24.4. The molecule has 0 unspecified atom stereocenters. The molecule has 8 nitrogen and oxygen atoms in total. The van der Waals surface area contributed by atoms with Gasteiger partial charge >= 0.3 is 5.97 Å². The van der Waals surface area contributed by atoms with Crippen LogP contribution in [0.2, 0.25) is 0 Å². The molecule has 26 heavy (non-hydrogen) atoms. The molecule has 1 aromatic heterocycles. The smallest absolute Gasteiger partial charge is 0.358 e. The van der Waals surface area contributed by atoms with Crippen molar-refractivity contribution in [1.82, 2.24) is 5.16 Å². The largest absolute Gasteiger partial charge is 0.490 e. The minimum Gasteiger partial charge on any atom is -0.490 e. The molecule has 0 fully saturated rings. The van der Waals surface area contributed by atoms with Crippen LogP contribution in [0.25, 0.3) is 5.57 Å². The van der Waals surface area contributed by atoms with Crippen LogP contribution in [-0.2, 0) is 9.47 Å². The highest BCUT2D eigenvalue weighted by Crippen LogP contribution is 2.20. The third-order valence-electron chi connectivity index (χ3n) is 3.39. The lowest BCUT2D eigenvalue weighted by Crippen LogP contribution is -2.04. The summed E-state index contributed by atoms with van der Waals surface area (Å²) in [5.41, 5.74) is 0.418. The first-order valence-electron chi connectivity index (χ1n) is 8.59. The number of aromatic nitrogens is 1. The van der Waals surface area contributed by atoms with Crippen molar-refractivity contribution < 1.29 is 29.1 Å². The molecule has 0 aliphatic heterocycles. The maximum absolute atomic E-state index is 10.9. The van der Waals surface area contributed by atoms with Gasteiger partial charge in [-0.2, -0.15) is 0 Å². The second-order valence-electron chi connectivity index (χ2n) is 5.59. The monoisotopic (exact) mass is 366 g/mol. The van der Waals surface area contributed by atoms with Crippen molar-refractivity contribution in [1.29, 1.82) is 0 Å². The molecule has 0 radical (unpaired) electrons. The first-order valence-corrected chi connectivity index (χ1v) is 8.59. The molecule has 0 atom stereocenters. The van der Waals surface area contributed by atoms with E-state index in [0.717, 1.165) is 25.7 Å². The zero-order valence-corrected chi connectivity index (χ0v) is 15.4. The van der Waals surface area contributed by atoms with Crippen LogP contribution in [0.5, 0.6) is 0 Å². The molecule has 0 saturated heterocycles. The maximum Gasteiger partial charge on any atom is 0.358 e. The fourth-order valence-corrected chi connectivity index (χ4v) is 1.89. The Labute approximate surface area is 152 Å². The Hall–Kier alpha value is -2.77. The van der Waals surface area contributed by atoms with Gasteiger partial charge in [0.25, 0.3) is 0 Å². The third-order valence-corrected chi connectivity index (χ3v) is 3.39. The summed E-state index contributed by atoms with van der Waals surface area (Å²) < 4.78 is 16.5. The highest BCUT2D eigenvalue weighted by atomic mass is 16.5. The predicted molar refractivity (Wildman–Crippen MR) is 96.1 cm³/mol. The number of oxime groups is 1. The average Bonchev–Trinajstić information content (AvgIpc) is 3.11. The fourth-order valence-electron chi connectivity index (χ4n) is 1.89. The number of carboxylic acid groups (broad SMARTS) is 1. The number of ether oxygens (including phenoxy) is 2. The number of carboxylic acids is 1. The lowest BCUT2D eigenvalue weighted by atomic mass is 10.2. The topological polar surface area (TPSA) is 114 Å². The first-order chi connectivity index (χ1) is 12.5. The van der Waals surface area contributed by atoms with E-state index in [4.69, 9.17) is 24.3 Å². The Balaban J connectivity index is 3.14. The minimum absolute atomic E-state index is 0.179. The van der Waals surface area contributed by atoms with E-state index in [1.54, 1.807) is 13.0 Å². The molecule has 0 aromatic carbocycles. The third kappa shape index (κ3) is 7.00. The summed E-state index contributed by atoms with van der Waals surface area (Å²) in [6.45, 7) is 6.74. The molecule has 0 aliphatic rings. The van der Waals surface area contributed by atoms with Gasteiger partial charge in [-0.25, -0.2) is 4.79 Å². The van der Waals surface area contributed by atoms with Gasteiger partial charge < -0.3 is 24.3 Å². The second kappa shape index (κ2) is 11.7. The fraction of sp³-hybridized carbons (Fsp3) is 0.500. The van der Waals surface area contributed by atoms with Gasteiger partial charge in [0.1, 0.15) is 6.21 Å². The molecular formula is C18H26N2O6. The van der Waals surface area contributed by atoms with Crippen molar-refractivity contribution in [3.63, 3.8) is 0 Å². The Morgan fingerprint density at radius 3 is 2.35 bits per heavy atom. The van der Waals surface area contributed by atoms with Gasteiger partial charge in [-0.15, -0.1) is 0 Å². The van der Waals surface area contributed by atoms with Crippen molar-refractivity contribution in [2.75, 3.05) is 13.2 Å². The number of carbonyl (C=O) groups is 1. The van der Waals surface area contributed by atoms with E-state index in [9.17, 15) is 4.79 Å². The SMILES string of the molecule is CCCCOC(/C=N/O)=C(/C=C(\C)c1cc(C(=O)O)no1)OCCCC. The molecule has 0 spiro atoms. The summed E-state index contributed by atoms with van der Waals surface area (Å²) >= 11 is 0. The molecule has 1 heterocycles. The van der Waals surface area contributed by atoms with Gasteiger partial charge in [0, 0.05) is 6.07 Å². The number of nitrogens with zero attached hydrogens (tertiary/aromatic N) is 2. The molecule has 0 amide bonds. The summed E-state index contributed by atoms with van der Waals surface area (Å²) in [6.07, 6.45) is 6.42. The van der Waals surface area contributed by atoms with Crippen LogP contribution in [-0.4, -0.2) is 40.9 Å². The normalized spacial score (nSPS) is 13.0. The van der Waals surface area contributed by atoms with Crippen molar-refractivity contribution >= 4 is 17.8 Å². The van der Waals surface area contributed by atoms with Crippen LogP contribution >= 0.6 is 0 Å². The number of rotatable bonds is 12. The Kier molecular flexibility index (Phi) is 9.59.